The topological polar surface area (TPSA) is 48.1 Å². The third kappa shape index (κ3) is 2.37. The molecule has 96 valence electrons. The highest BCUT2D eigenvalue weighted by molar-refractivity contribution is 7.11. The summed E-state index contributed by atoms with van der Waals surface area (Å²) in [7, 11) is 1.51. The Balaban J connectivity index is 2.39. The lowest BCUT2D eigenvalue weighted by atomic mass is 10.0. The number of hydrogen-bond acceptors (Lipinski definition) is 4. The summed E-state index contributed by atoms with van der Waals surface area (Å²) in [6.07, 6.45) is 0. The number of rotatable bonds is 3. The van der Waals surface area contributed by atoms with Gasteiger partial charge in [-0.1, -0.05) is 6.07 Å². The van der Waals surface area contributed by atoms with Crippen molar-refractivity contribution >= 4 is 11.3 Å². The summed E-state index contributed by atoms with van der Waals surface area (Å²) in [6.45, 7) is 3.80. The van der Waals surface area contributed by atoms with Gasteiger partial charge < -0.3 is 10.5 Å². The van der Waals surface area contributed by atoms with Crippen molar-refractivity contribution in [1.29, 1.82) is 0 Å². The van der Waals surface area contributed by atoms with E-state index in [1.54, 1.807) is 12.1 Å². The predicted molar refractivity (Wildman–Crippen MR) is 70.6 cm³/mol. The number of nitrogens with zero attached hydrogens (tertiary/aromatic N) is 1. The van der Waals surface area contributed by atoms with Crippen LogP contribution in [0.5, 0.6) is 5.75 Å². The summed E-state index contributed by atoms with van der Waals surface area (Å²) < 4.78 is 18.9. The van der Waals surface area contributed by atoms with Crippen LogP contribution in [0.4, 0.5) is 4.39 Å². The van der Waals surface area contributed by atoms with E-state index in [1.165, 1.54) is 24.5 Å². The summed E-state index contributed by atoms with van der Waals surface area (Å²) in [5.41, 5.74) is 7.43. The van der Waals surface area contributed by atoms with Crippen molar-refractivity contribution in [2.24, 2.45) is 5.73 Å². The van der Waals surface area contributed by atoms with Gasteiger partial charge in [-0.2, -0.15) is 0 Å². The van der Waals surface area contributed by atoms with Crippen molar-refractivity contribution in [3.8, 4) is 5.75 Å². The van der Waals surface area contributed by atoms with Crippen LogP contribution in [0, 0.1) is 19.7 Å². The lowest BCUT2D eigenvalue weighted by Gasteiger charge is -2.12. The molecule has 1 heterocycles. The number of methoxy groups -OCH3 is 1. The second-order valence-corrected chi connectivity index (χ2v) is 5.28. The Morgan fingerprint density at radius 2 is 2.11 bits per heavy atom. The molecule has 0 aliphatic heterocycles. The van der Waals surface area contributed by atoms with Crippen LogP contribution in [-0.2, 0) is 0 Å². The van der Waals surface area contributed by atoms with E-state index in [2.05, 4.69) is 4.98 Å². The van der Waals surface area contributed by atoms with Gasteiger partial charge in [0.25, 0.3) is 0 Å². The zero-order valence-corrected chi connectivity index (χ0v) is 11.3. The minimum atomic E-state index is -0.484. The lowest BCUT2D eigenvalue weighted by Crippen LogP contribution is -2.13. The van der Waals surface area contributed by atoms with Crippen LogP contribution in [0.2, 0.25) is 0 Å². The van der Waals surface area contributed by atoms with Crippen LogP contribution >= 0.6 is 11.3 Å². The number of halogens is 1. The molecule has 0 saturated heterocycles. The molecule has 0 spiro atoms. The standard InChI is InChI=1S/C13H15FN2OS/c1-7-13(18-8(2)16-7)12(15)10-5-4-9(17-3)6-11(10)14/h4-6,12H,15H2,1-3H3. The second kappa shape index (κ2) is 5.04. The summed E-state index contributed by atoms with van der Waals surface area (Å²) in [6, 6.07) is 4.23. The molecule has 1 aromatic heterocycles. The summed E-state index contributed by atoms with van der Waals surface area (Å²) in [4.78, 5) is 5.21. The molecular formula is C13H15FN2OS. The van der Waals surface area contributed by atoms with E-state index in [0.717, 1.165) is 15.6 Å². The Kier molecular flexibility index (Phi) is 3.63. The van der Waals surface area contributed by atoms with Gasteiger partial charge in [0.15, 0.2) is 0 Å². The molecule has 0 saturated carbocycles. The number of thiazole rings is 1. The van der Waals surface area contributed by atoms with Gasteiger partial charge >= 0.3 is 0 Å². The molecule has 2 aromatic rings. The minimum Gasteiger partial charge on any atom is -0.497 e. The van der Waals surface area contributed by atoms with Gasteiger partial charge in [0.1, 0.15) is 11.6 Å². The van der Waals surface area contributed by atoms with Gasteiger partial charge in [-0.15, -0.1) is 11.3 Å². The molecule has 2 rings (SSSR count). The Labute approximate surface area is 109 Å². The molecule has 0 amide bonds. The summed E-state index contributed by atoms with van der Waals surface area (Å²) in [5.74, 6) is 0.132. The van der Waals surface area contributed by atoms with Crippen LogP contribution in [0.15, 0.2) is 18.2 Å². The summed E-state index contributed by atoms with van der Waals surface area (Å²) >= 11 is 1.50. The Bertz CT molecular complexity index is 568. The SMILES string of the molecule is COc1ccc(C(N)c2sc(C)nc2C)c(F)c1. The van der Waals surface area contributed by atoms with Gasteiger partial charge in [0, 0.05) is 16.5 Å². The van der Waals surface area contributed by atoms with Crippen LogP contribution < -0.4 is 10.5 Å². The van der Waals surface area contributed by atoms with Crippen LogP contribution in [-0.4, -0.2) is 12.1 Å². The highest BCUT2D eigenvalue weighted by Gasteiger charge is 2.19. The number of benzene rings is 1. The molecule has 0 aliphatic rings. The van der Waals surface area contributed by atoms with Gasteiger partial charge in [-0.25, -0.2) is 9.37 Å². The Morgan fingerprint density at radius 3 is 2.61 bits per heavy atom. The number of hydrogen-bond donors (Lipinski definition) is 1. The van der Waals surface area contributed by atoms with Crippen molar-refractivity contribution in [3.63, 3.8) is 0 Å². The first-order valence-corrected chi connectivity index (χ1v) is 6.37. The maximum Gasteiger partial charge on any atom is 0.132 e. The average molecular weight is 266 g/mol. The fourth-order valence-electron chi connectivity index (χ4n) is 1.86. The fraction of sp³-hybridized carbons (Fsp3) is 0.308. The average Bonchev–Trinajstić information content (AvgIpc) is 2.67. The first-order valence-electron chi connectivity index (χ1n) is 5.56. The minimum absolute atomic E-state index is 0.354. The van der Waals surface area contributed by atoms with Crippen LogP contribution in [0.1, 0.15) is 27.2 Å². The van der Waals surface area contributed by atoms with Crippen LogP contribution in [0.3, 0.4) is 0 Å². The van der Waals surface area contributed by atoms with Gasteiger partial charge in [0.2, 0.25) is 0 Å². The monoisotopic (exact) mass is 266 g/mol. The Hall–Kier alpha value is -1.46. The smallest absolute Gasteiger partial charge is 0.132 e. The lowest BCUT2D eigenvalue weighted by molar-refractivity contribution is 0.410. The second-order valence-electron chi connectivity index (χ2n) is 4.05. The van der Waals surface area contributed by atoms with E-state index in [0.29, 0.717) is 11.3 Å². The molecule has 1 aromatic carbocycles. The fourth-order valence-corrected chi connectivity index (χ4v) is 2.81. The van der Waals surface area contributed by atoms with Gasteiger partial charge in [0.05, 0.1) is 23.9 Å². The third-order valence-electron chi connectivity index (χ3n) is 2.76. The highest BCUT2D eigenvalue weighted by Crippen LogP contribution is 2.30. The molecule has 2 N–H and O–H groups in total. The largest absolute Gasteiger partial charge is 0.497 e. The predicted octanol–water partition coefficient (Wildman–Crippen LogP) is 2.96. The van der Waals surface area contributed by atoms with Crippen molar-refractivity contribution in [1.82, 2.24) is 4.98 Å². The Morgan fingerprint density at radius 1 is 1.39 bits per heavy atom. The number of nitrogens with two attached hydrogens (primary N) is 1. The first-order chi connectivity index (χ1) is 8.52. The van der Waals surface area contributed by atoms with Crippen molar-refractivity contribution in [2.75, 3.05) is 7.11 Å². The van der Waals surface area contributed by atoms with Gasteiger partial charge in [-0.05, 0) is 19.9 Å². The molecule has 5 heteroatoms. The number of ether oxygens (including phenoxy) is 1. The first kappa shape index (κ1) is 13.0. The molecule has 0 aliphatic carbocycles. The van der Waals surface area contributed by atoms with E-state index in [9.17, 15) is 4.39 Å². The van der Waals surface area contributed by atoms with Gasteiger partial charge in [-0.3, -0.25) is 0 Å². The zero-order chi connectivity index (χ0) is 13.3. The maximum atomic E-state index is 13.9. The maximum absolute atomic E-state index is 13.9. The molecule has 1 unspecified atom stereocenters. The molecule has 0 bridgehead atoms. The molecule has 1 atom stereocenters. The number of aryl methyl sites for hydroxylation is 2. The normalized spacial score (nSPS) is 12.5. The van der Waals surface area contributed by atoms with Crippen molar-refractivity contribution in [2.45, 2.75) is 19.9 Å². The third-order valence-corrected chi connectivity index (χ3v) is 3.92. The van der Waals surface area contributed by atoms with E-state index in [1.807, 2.05) is 13.8 Å². The number of aromatic nitrogens is 1. The highest BCUT2D eigenvalue weighted by atomic mass is 32.1. The van der Waals surface area contributed by atoms with Crippen LogP contribution in [0.25, 0.3) is 0 Å². The van der Waals surface area contributed by atoms with E-state index in [4.69, 9.17) is 10.5 Å². The van der Waals surface area contributed by atoms with Crippen molar-refractivity contribution in [3.05, 3.63) is 45.2 Å². The molecule has 18 heavy (non-hydrogen) atoms. The molecule has 0 fully saturated rings. The molecule has 3 nitrogen and oxygen atoms in total. The van der Waals surface area contributed by atoms with E-state index >= 15 is 0 Å². The van der Waals surface area contributed by atoms with Crippen molar-refractivity contribution < 1.29 is 9.13 Å². The van der Waals surface area contributed by atoms with E-state index in [-0.39, 0.29) is 5.82 Å². The quantitative estimate of drug-likeness (QED) is 0.929. The zero-order valence-electron chi connectivity index (χ0n) is 10.5. The molecular weight excluding hydrogens is 251 g/mol. The molecule has 0 radical (unpaired) electrons. The summed E-state index contributed by atoms with van der Waals surface area (Å²) in [5, 5.41) is 0.937. The van der Waals surface area contributed by atoms with E-state index < -0.39 is 6.04 Å².